The zero-order chi connectivity index (χ0) is 46.0. The number of benzene rings is 2. The number of alkyl halides is 4. The van der Waals surface area contributed by atoms with Crippen LogP contribution in [0.2, 0.25) is 5.15 Å². The van der Waals surface area contributed by atoms with Crippen LogP contribution in [0.5, 0.6) is 11.5 Å². The number of β-lactam (4-membered cyclic amide) rings is 2. The van der Waals surface area contributed by atoms with Crippen molar-refractivity contribution < 1.29 is 55.7 Å². The maximum atomic E-state index is 14.0. The smallest absolute Gasteiger partial charge is 0.410 e. The lowest BCUT2D eigenvalue weighted by Crippen LogP contribution is -2.69. The van der Waals surface area contributed by atoms with Crippen LogP contribution in [0.25, 0.3) is 0 Å². The highest BCUT2D eigenvalue weighted by Crippen LogP contribution is 2.43. The number of rotatable bonds is 12. The largest absolute Gasteiger partial charge is 0.461 e. The van der Waals surface area contributed by atoms with Gasteiger partial charge in [0.05, 0.1) is 17.9 Å². The van der Waals surface area contributed by atoms with Crippen LogP contribution >= 0.6 is 11.6 Å². The average molecular weight is 896 g/mol. The summed E-state index contributed by atoms with van der Waals surface area (Å²) in [6, 6.07) is 14.8. The number of imide groups is 2. The molecule has 5 heterocycles. The first-order valence-corrected chi connectivity index (χ1v) is 20.6. The van der Waals surface area contributed by atoms with E-state index < -0.39 is 71.8 Å². The van der Waals surface area contributed by atoms with Crippen LogP contribution in [0.15, 0.2) is 85.2 Å². The molecular formula is C45H46ClF4N5O8. The Hall–Kier alpha value is -6.10. The lowest BCUT2D eigenvalue weighted by atomic mass is 9.81. The third kappa shape index (κ3) is 10.8. The highest BCUT2D eigenvalue weighted by atomic mass is 35.5. The molecule has 18 heteroatoms. The summed E-state index contributed by atoms with van der Waals surface area (Å²) in [5.74, 6) is -5.21. The van der Waals surface area contributed by atoms with Crippen molar-refractivity contribution in [3.63, 3.8) is 0 Å². The molecule has 334 valence electrons. The number of hydrogen-bond acceptors (Lipinski definition) is 11. The Morgan fingerprint density at radius 2 is 1.43 bits per heavy atom. The fourth-order valence-corrected chi connectivity index (χ4v) is 7.91. The molecule has 0 aliphatic carbocycles. The monoisotopic (exact) mass is 895 g/mol. The maximum absolute atomic E-state index is 14.0. The second kappa shape index (κ2) is 18.7. The SMILES string of the molecule is CC(C)OC(=O)[C@@H]1[C@@H](Cc2ccc(Cl)nc2)C(=O)N1C(=O)C[C@H](C)c1ccc2c(c1)OC(C)(F)O2.C[C@@H](CC(=O)N1C(=O)[C@H](Cc2ccnc(N)c2)C1C(F)(F)F)c1ccccc1. The van der Waals surface area contributed by atoms with E-state index in [1.54, 1.807) is 82.3 Å². The van der Waals surface area contributed by atoms with Crippen LogP contribution in [0.3, 0.4) is 0 Å². The van der Waals surface area contributed by atoms with Gasteiger partial charge in [0.1, 0.15) is 23.1 Å². The summed E-state index contributed by atoms with van der Waals surface area (Å²) in [6.45, 7) is 8.10. The Morgan fingerprint density at radius 1 is 0.810 bits per heavy atom. The summed E-state index contributed by atoms with van der Waals surface area (Å²) in [5, 5.41) is 0.315. The fourth-order valence-electron chi connectivity index (χ4n) is 7.80. The number of esters is 1. The van der Waals surface area contributed by atoms with Crippen LogP contribution in [0.1, 0.15) is 81.5 Å². The van der Waals surface area contributed by atoms with Gasteiger partial charge in [0, 0.05) is 32.2 Å². The van der Waals surface area contributed by atoms with Crippen molar-refractivity contribution in [1.29, 1.82) is 0 Å². The van der Waals surface area contributed by atoms with Gasteiger partial charge in [-0.25, -0.2) is 14.8 Å². The van der Waals surface area contributed by atoms with Crippen molar-refractivity contribution in [3.8, 4) is 11.5 Å². The molecule has 13 nitrogen and oxygen atoms in total. The lowest BCUT2D eigenvalue weighted by molar-refractivity contribution is -0.229. The van der Waals surface area contributed by atoms with Crippen molar-refractivity contribution in [3.05, 3.63) is 113 Å². The number of carbonyl (C=O) groups excluding carboxylic acids is 5. The minimum atomic E-state index is -4.69. The summed E-state index contributed by atoms with van der Waals surface area (Å²) in [4.78, 5) is 73.1. The highest BCUT2D eigenvalue weighted by Gasteiger charge is 2.62. The topological polar surface area (TPSA) is 171 Å². The van der Waals surface area contributed by atoms with Gasteiger partial charge in [0.2, 0.25) is 23.6 Å². The Kier molecular flexibility index (Phi) is 13.8. The Bertz CT molecular complexity index is 2350. The van der Waals surface area contributed by atoms with Gasteiger partial charge in [-0.05, 0) is 91.1 Å². The summed E-state index contributed by atoms with van der Waals surface area (Å²) in [5.41, 5.74) is 8.28. The molecule has 2 unspecified atom stereocenters. The molecule has 7 atom stereocenters. The van der Waals surface area contributed by atoms with Gasteiger partial charge in [-0.2, -0.15) is 17.6 Å². The molecule has 2 aromatic heterocycles. The average Bonchev–Trinajstić information content (AvgIpc) is 3.53. The molecule has 4 amide bonds. The predicted octanol–water partition coefficient (Wildman–Crippen LogP) is 7.51. The maximum Gasteiger partial charge on any atom is 0.410 e. The van der Waals surface area contributed by atoms with Crippen LogP contribution in [-0.4, -0.2) is 79.8 Å². The minimum Gasteiger partial charge on any atom is -0.461 e. The van der Waals surface area contributed by atoms with E-state index in [1.807, 2.05) is 6.07 Å². The molecule has 63 heavy (non-hydrogen) atoms. The number of amides is 4. The Labute approximate surface area is 365 Å². The predicted molar refractivity (Wildman–Crippen MR) is 221 cm³/mol. The number of anilines is 1. The summed E-state index contributed by atoms with van der Waals surface area (Å²) < 4.78 is 70.3. The summed E-state index contributed by atoms with van der Waals surface area (Å²) in [7, 11) is 0. The van der Waals surface area contributed by atoms with E-state index in [0.29, 0.717) is 21.2 Å². The summed E-state index contributed by atoms with van der Waals surface area (Å²) >= 11 is 5.83. The quantitative estimate of drug-likeness (QED) is 0.0646. The van der Waals surface area contributed by atoms with E-state index in [-0.39, 0.29) is 54.8 Å². The summed E-state index contributed by atoms with van der Waals surface area (Å²) in [6.07, 6.45) is -2.31. The van der Waals surface area contributed by atoms with Crippen LogP contribution in [0, 0.1) is 11.8 Å². The number of nitrogens with zero attached hydrogens (tertiary/aromatic N) is 4. The Morgan fingerprint density at radius 3 is 2.05 bits per heavy atom. The third-order valence-electron chi connectivity index (χ3n) is 10.9. The number of ether oxygens (including phenoxy) is 3. The molecule has 2 fully saturated rings. The van der Waals surface area contributed by atoms with Gasteiger partial charge in [-0.15, -0.1) is 0 Å². The molecule has 4 aromatic rings. The van der Waals surface area contributed by atoms with Crippen molar-refractivity contribution in [2.75, 3.05) is 5.73 Å². The molecule has 3 aliphatic rings. The van der Waals surface area contributed by atoms with E-state index in [0.717, 1.165) is 23.0 Å². The molecule has 0 spiro atoms. The van der Waals surface area contributed by atoms with Crippen molar-refractivity contribution in [1.82, 2.24) is 19.8 Å². The molecule has 7 rings (SSSR count). The third-order valence-corrected chi connectivity index (χ3v) is 11.1. The molecule has 2 N–H and O–H groups in total. The number of halogens is 5. The van der Waals surface area contributed by atoms with Gasteiger partial charge in [-0.1, -0.05) is 67.9 Å². The van der Waals surface area contributed by atoms with E-state index >= 15 is 0 Å². The number of pyridine rings is 2. The van der Waals surface area contributed by atoms with Gasteiger partial charge in [0.15, 0.2) is 11.5 Å². The van der Waals surface area contributed by atoms with Crippen LogP contribution < -0.4 is 15.2 Å². The lowest BCUT2D eigenvalue weighted by Gasteiger charge is -2.46. The second-order valence-corrected chi connectivity index (χ2v) is 16.6. The fraction of sp³-hybridized carbons (Fsp3) is 0.400. The molecule has 0 saturated carbocycles. The van der Waals surface area contributed by atoms with E-state index in [2.05, 4.69) is 9.97 Å². The van der Waals surface area contributed by atoms with Crippen molar-refractivity contribution in [2.45, 2.75) is 103 Å². The van der Waals surface area contributed by atoms with Crippen LogP contribution in [-0.2, 0) is 41.6 Å². The van der Waals surface area contributed by atoms with Gasteiger partial charge in [0.25, 0.3) is 0 Å². The first-order valence-electron chi connectivity index (χ1n) is 20.2. The number of fused-ring (bicyclic) bond motifs is 1. The normalized spacial score (nSPS) is 22.3. The number of likely N-dealkylation sites (tertiary alicyclic amines) is 2. The molecule has 2 saturated heterocycles. The first-order chi connectivity index (χ1) is 29.6. The molecular weight excluding hydrogens is 850 g/mol. The van der Waals surface area contributed by atoms with E-state index in [1.165, 1.54) is 24.5 Å². The molecule has 0 bridgehead atoms. The van der Waals surface area contributed by atoms with Gasteiger partial charge < -0.3 is 19.9 Å². The molecule has 3 aliphatic heterocycles. The second-order valence-electron chi connectivity index (χ2n) is 16.2. The van der Waals surface area contributed by atoms with Crippen molar-refractivity contribution in [2.24, 2.45) is 11.8 Å². The standard InChI is InChI=1S/C25H26ClFN2O6.C20H20F3N3O2/c1-13(2)33-24(32)22-17(10-15-5-8-20(26)28-12-15)23(31)29(22)21(30)9-14(3)16-6-7-18-19(11-16)35-25(4,27)34-18;1-12(14-5-3-2-4-6-14)9-17(27)26-18(20(21,22)23)15(19(26)28)10-13-7-8-25-16(24)11-13/h5-8,11-14,17,22H,9-10H2,1-4H3;2-8,11-12,15,18H,9-10H2,1H3,(H2,24,25)/t14-,17+,22-,25?;12-,15+,18?/m00/s1. The molecule has 0 radical (unpaired) electrons. The Balaban J connectivity index is 0.000000215. The van der Waals surface area contributed by atoms with Gasteiger partial charge in [-0.3, -0.25) is 29.0 Å². The molecule has 2 aromatic carbocycles. The van der Waals surface area contributed by atoms with Crippen LogP contribution in [0.4, 0.5) is 23.4 Å². The number of nitrogen functional groups attached to an aromatic ring is 1. The van der Waals surface area contributed by atoms with Gasteiger partial charge >= 0.3 is 18.2 Å². The van der Waals surface area contributed by atoms with E-state index in [9.17, 15) is 41.5 Å². The first kappa shape index (κ1) is 46.4. The van der Waals surface area contributed by atoms with Crippen molar-refractivity contribution >= 4 is 47.0 Å². The highest BCUT2D eigenvalue weighted by molar-refractivity contribution is 6.29. The zero-order valence-corrected chi connectivity index (χ0v) is 35.7. The zero-order valence-electron chi connectivity index (χ0n) is 35.0. The number of aromatic nitrogens is 2. The minimum absolute atomic E-state index is 0.0427. The number of nitrogens with two attached hydrogens (primary N) is 1. The number of carbonyl (C=O) groups is 5. The van der Waals surface area contributed by atoms with E-state index in [4.69, 9.17) is 31.5 Å². The number of hydrogen-bond donors (Lipinski definition) is 1.